The van der Waals surface area contributed by atoms with Crippen LogP contribution in [-0.2, 0) is 6.54 Å². The third-order valence-corrected chi connectivity index (χ3v) is 6.02. The summed E-state index contributed by atoms with van der Waals surface area (Å²) in [5, 5.41) is 6.42. The van der Waals surface area contributed by atoms with Crippen LogP contribution in [-0.4, -0.2) is 33.7 Å². The molecule has 0 fully saturated rings. The van der Waals surface area contributed by atoms with Crippen molar-refractivity contribution in [3.63, 3.8) is 0 Å². The highest BCUT2D eigenvalue weighted by Gasteiger charge is 2.19. The minimum Gasteiger partial charge on any atom is -0.334 e. The minimum absolute atomic E-state index is 0.132. The number of para-hydroxylation sites is 1. The fourth-order valence-electron chi connectivity index (χ4n) is 2.87. The molecule has 0 radical (unpaired) electrons. The monoisotopic (exact) mass is 424 g/mol. The van der Waals surface area contributed by atoms with E-state index in [0.717, 1.165) is 0 Å². The normalized spacial score (nSPS) is 10.8. The highest BCUT2D eigenvalue weighted by atomic mass is 32.1. The van der Waals surface area contributed by atoms with E-state index in [0.29, 0.717) is 32.2 Å². The number of aromatic amines is 1. The van der Waals surface area contributed by atoms with E-state index in [1.54, 1.807) is 54.9 Å². The molecule has 0 unspecified atom stereocenters. The average Bonchev–Trinajstić information content (AvgIpc) is 3.40. The van der Waals surface area contributed by atoms with Gasteiger partial charge in [0.25, 0.3) is 17.4 Å². The van der Waals surface area contributed by atoms with Crippen LogP contribution >= 0.6 is 22.7 Å². The number of aromatic nitrogens is 2. The third kappa shape index (κ3) is 3.96. The second-order valence-corrected chi connectivity index (χ2v) is 8.15. The molecule has 1 aromatic carbocycles. The molecule has 3 heterocycles. The Kier molecular flexibility index (Phi) is 5.24. The number of rotatable bonds is 5. The summed E-state index contributed by atoms with van der Waals surface area (Å²) in [6.07, 6.45) is 0. The topological polar surface area (TPSA) is 95.2 Å². The standard InChI is InChI=1S/C20H16N4O3S2/c1-24(11-16-21-14-8-10-29-17(14)19(26)23-16)20(27)12-5-2-3-6-13(12)22-18(25)15-7-4-9-28-15/h2-10H,11H2,1H3,(H,22,25)(H,21,23,26). The Labute approximate surface area is 173 Å². The lowest BCUT2D eigenvalue weighted by atomic mass is 10.1. The van der Waals surface area contributed by atoms with Crippen LogP contribution < -0.4 is 10.9 Å². The molecular formula is C20H16N4O3S2. The molecule has 0 bridgehead atoms. The van der Waals surface area contributed by atoms with Crippen LogP contribution in [0.3, 0.4) is 0 Å². The van der Waals surface area contributed by atoms with Crippen LogP contribution in [0.5, 0.6) is 0 Å². The predicted molar refractivity (Wildman–Crippen MR) is 115 cm³/mol. The molecule has 146 valence electrons. The summed E-state index contributed by atoms with van der Waals surface area (Å²) in [5.74, 6) is -0.159. The van der Waals surface area contributed by atoms with Gasteiger partial charge in [-0.05, 0) is 35.0 Å². The second-order valence-electron chi connectivity index (χ2n) is 6.29. The van der Waals surface area contributed by atoms with Gasteiger partial charge in [-0.25, -0.2) is 4.98 Å². The molecule has 2 N–H and O–H groups in total. The zero-order valence-corrected chi connectivity index (χ0v) is 17.0. The van der Waals surface area contributed by atoms with Crippen LogP contribution in [0.25, 0.3) is 10.2 Å². The van der Waals surface area contributed by atoms with Gasteiger partial charge in [0.2, 0.25) is 0 Å². The van der Waals surface area contributed by atoms with Gasteiger partial charge < -0.3 is 15.2 Å². The highest BCUT2D eigenvalue weighted by molar-refractivity contribution is 7.17. The molecule has 0 saturated carbocycles. The Morgan fingerprint density at radius 3 is 2.72 bits per heavy atom. The Balaban J connectivity index is 1.55. The SMILES string of the molecule is CN(Cc1nc2ccsc2c(=O)[nH]1)C(=O)c1ccccc1NC(=O)c1cccs1. The molecule has 29 heavy (non-hydrogen) atoms. The number of anilines is 1. The lowest BCUT2D eigenvalue weighted by Crippen LogP contribution is -2.29. The van der Waals surface area contributed by atoms with Crippen molar-refractivity contribution < 1.29 is 9.59 Å². The lowest BCUT2D eigenvalue weighted by Gasteiger charge is -2.18. The van der Waals surface area contributed by atoms with E-state index in [1.165, 1.54) is 27.6 Å². The minimum atomic E-state index is -0.292. The molecule has 9 heteroatoms. The maximum absolute atomic E-state index is 13.0. The molecule has 7 nitrogen and oxygen atoms in total. The van der Waals surface area contributed by atoms with Gasteiger partial charge in [-0.3, -0.25) is 14.4 Å². The molecule has 0 aliphatic carbocycles. The van der Waals surface area contributed by atoms with Crippen molar-refractivity contribution in [1.29, 1.82) is 0 Å². The highest BCUT2D eigenvalue weighted by Crippen LogP contribution is 2.20. The number of amides is 2. The fraction of sp³-hybridized carbons (Fsp3) is 0.100. The Morgan fingerprint density at radius 2 is 1.93 bits per heavy atom. The van der Waals surface area contributed by atoms with Crippen LogP contribution in [0.15, 0.2) is 58.0 Å². The van der Waals surface area contributed by atoms with Gasteiger partial charge in [0.15, 0.2) is 0 Å². The third-order valence-electron chi connectivity index (χ3n) is 4.25. The van der Waals surface area contributed by atoms with Gasteiger partial charge in [-0.2, -0.15) is 0 Å². The first-order chi connectivity index (χ1) is 14.0. The molecule has 0 spiro atoms. The summed E-state index contributed by atoms with van der Waals surface area (Å²) >= 11 is 2.65. The van der Waals surface area contributed by atoms with E-state index in [2.05, 4.69) is 15.3 Å². The van der Waals surface area contributed by atoms with E-state index in [4.69, 9.17) is 0 Å². The second kappa shape index (κ2) is 7.98. The molecular weight excluding hydrogens is 408 g/mol. The van der Waals surface area contributed by atoms with Crippen molar-refractivity contribution in [1.82, 2.24) is 14.9 Å². The Bertz CT molecular complexity index is 1240. The number of thiophene rings is 2. The summed E-state index contributed by atoms with van der Waals surface area (Å²) in [6.45, 7) is 0.132. The Hall–Kier alpha value is -3.30. The van der Waals surface area contributed by atoms with E-state index in [9.17, 15) is 14.4 Å². The summed E-state index contributed by atoms with van der Waals surface area (Å²) in [6, 6.07) is 12.1. The van der Waals surface area contributed by atoms with Crippen LogP contribution in [0.1, 0.15) is 25.9 Å². The van der Waals surface area contributed by atoms with Crippen molar-refractivity contribution in [2.45, 2.75) is 6.54 Å². The van der Waals surface area contributed by atoms with E-state index in [1.807, 2.05) is 5.38 Å². The number of carbonyl (C=O) groups excluding carboxylic acids is 2. The molecule has 0 aliphatic heterocycles. The maximum Gasteiger partial charge on any atom is 0.268 e. The van der Waals surface area contributed by atoms with Crippen molar-refractivity contribution in [2.24, 2.45) is 0 Å². The molecule has 3 aromatic heterocycles. The van der Waals surface area contributed by atoms with Gasteiger partial charge in [0.05, 0.1) is 28.2 Å². The maximum atomic E-state index is 13.0. The fourth-order valence-corrected chi connectivity index (χ4v) is 4.21. The van der Waals surface area contributed by atoms with Crippen molar-refractivity contribution in [2.75, 3.05) is 12.4 Å². The largest absolute Gasteiger partial charge is 0.334 e. The number of benzene rings is 1. The summed E-state index contributed by atoms with van der Waals surface area (Å²) in [4.78, 5) is 46.6. The first-order valence-electron chi connectivity index (χ1n) is 8.68. The van der Waals surface area contributed by atoms with Gasteiger partial charge >= 0.3 is 0 Å². The number of nitrogens with zero attached hydrogens (tertiary/aromatic N) is 2. The quantitative estimate of drug-likeness (QED) is 0.512. The molecule has 0 saturated heterocycles. The zero-order valence-electron chi connectivity index (χ0n) is 15.3. The number of hydrogen-bond acceptors (Lipinski definition) is 6. The molecule has 0 atom stereocenters. The van der Waals surface area contributed by atoms with Crippen molar-refractivity contribution >= 4 is 50.4 Å². The first kappa shape index (κ1) is 19.0. The zero-order chi connectivity index (χ0) is 20.4. The van der Waals surface area contributed by atoms with Crippen LogP contribution in [0.4, 0.5) is 5.69 Å². The van der Waals surface area contributed by atoms with Gasteiger partial charge in [-0.15, -0.1) is 22.7 Å². The summed E-state index contributed by atoms with van der Waals surface area (Å²) in [7, 11) is 1.62. The molecule has 4 rings (SSSR count). The van der Waals surface area contributed by atoms with Gasteiger partial charge in [-0.1, -0.05) is 18.2 Å². The van der Waals surface area contributed by atoms with Gasteiger partial charge in [0, 0.05) is 7.05 Å². The van der Waals surface area contributed by atoms with Gasteiger partial charge in [0.1, 0.15) is 10.5 Å². The average molecular weight is 425 g/mol. The summed E-state index contributed by atoms with van der Waals surface area (Å²) in [5.41, 5.74) is 1.18. The van der Waals surface area contributed by atoms with Crippen LogP contribution in [0, 0.1) is 0 Å². The van der Waals surface area contributed by atoms with Crippen molar-refractivity contribution in [3.8, 4) is 0 Å². The smallest absolute Gasteiger partial charge is 0.268 e. The van der Waals surface area contributed by atoms with Crippen molar-refractivity contribution in [3.05, 3.63) is 79.8 Å². The number of carbonyl (C=O) groups is 2. The van der Waals surface area contributed by atoms with E-state index < -0.39 is 0 Å². The van der Waals surface area contributed by atoms with E-state index in [-0.39, 0.29) is 23.9 Å². The van der Waals surface area contributed by atoms with Crippen LogP contribution in [0.2, 0.25) is 0 Å². The molecule has 2 amide bonds. The first-order valence-corrected chi connectivity index (χ1v) is 10.4. The lowest BCUT2D eigenvalue weighted by molar-refractivity contribution is 0.0782. The molecule has 4 aromatic rings. The molecule has 0 aliphatic rings. The number of nitrogens with one attached hydrogen (secondary N) is 2. The predicted octanol–water partition coefficient (Wildman–Crippen LogP) is 3.57. The number of H-pyrrole nitrogens is 1. The van der Waals surface area contributed by atoms with E-state index >= 15 is 0 Å². The number of hydrogen-bond donors (Lipinski definition) is 2. The number of fused-ring (bicyclic) bond motifs is 1. The summed E-state index contributed by atoms with van der Waals surface area (Å²) < 4.78 is 0.560. The Morgan fingerprint density at radius 1 is 1.10 bits per heavy atom.